The lowest BCUT2D eigenvalue weighted by atomic mass is 10.1. The number of aromatic nitrogens is 3. The molecule has 0 aliphatic heterocycles. The average molecular weight is 391 g/mol. The number of nitrogens with zero attached hydrogens (tertiary/aromatic N) is 3. The number of nitrogens with one attached hydrogen (secondary N) is 2. The Bertz CT molecular complexity index is 874. The van der Waals surface area contributed by atoms with E-state index in [1.807, 2.05) is 39.0 Å². The second kappa shape index (κ2) is 9.40. The largest absolute Gasteiger partial charge is 0.343 e. The van der Waals surface area contributed by atoms with E-state index < -0.39 is 0 Å². The van der Waals surface area contributed by atoms with Crippen LogP contribution in [-0.4, -0.2) is 50.8 Å². The fraction of sp³-hybridized carbons (Fsp3) is 0.444. The van der Waals surface area contributed by atoms with Crippen LogP contribution in [0.15, 0.2) is 28.2 Å². The summed E-state index contributed by atoms with van der Waals surface area (Å²) in [6.07, 6.45) is 0.791. The quantitative estimate of drug-likeness (QED) is 0.668. The molecular weight excluding hydrogens is 366 g/mol. The van der Waals surface area contributed by atoms with Gasteiger partial charge in [0.05, 0.1) is 12.3 Å². The second-order valence-electron chi connectivity index (χ2n) is 6.37. The molecular formula is C18H25N5O3S. The highest BCUT2D eigenvalue weighted by molar-refractivity contribution is 7.99. The summed E-state index contributed by atoms with van der Waals surface area (Å²) in [5, 5.41) is 9.64. The lowest BCUT2D eigenvalue weighted by Crippen LogP contribution is -2.36. The number of H-pyrrole nitrogens is 1. The van der Waals surface area contributed by atoms with Gasteiger partial charge in [-0.25, -0.2) is 9.89 Å². The second-order valence-corrected chi connectivity index (χ2v) is 7.31. The van der Waals surface area contributed by atoms with Gasteiger partial charge in [-0.15, -0.1) is 5.10 Å². The molecule has 146 valence electrons. The monoisotopic (exact) mass is 391 g/mol. The Kier molecular flexibility index (Phi) is 7.23. The van der Waals surface area contributed by atoms with Gasteiger partial charge in [-0.3, -0.25) is 14.2 Å². The lowest BCUT2D eigenvalue weighted by molar-refractivity contribution is -0.131. The molecule has 0 saturated heterocycles. The number of aryl methyl sites for hydroxylation is 2. The fourth-order valence-corrected chi connectivity index (χ4v) is 3.35. The van der Waals surface area contributed by atoms with Gasteiger partial charge in [0.2, 0.25) is 11.8 Å². The van der Waals surface area contributed by atoms with Crippen LogP contribution in [0.2, 0.25) is 0 Å². The van der Waals surface area contributed by atoms with Crippen LogP contribution in [0.25, 0.3) is 0 Å². The molecule has 1 heterocycles. The first-order chi connectivity index (χ1) is 12.8. The number of rotatable bonds is 8. The number of carbonyl (C=O) groups excluding carboxylic acids is 2. The van der Waals surface area contributed by atoms with Crippen LogP contribution >= 0.6 is 11.8 Å². The number of aromatic amines is 1. The first-order valence-corrected chi connectivity index (χ1v) is 9.69. The zero-order valence-electron chi connectivity index (χ0n) is 16.0. The summed E-state index contributed by atoms with van der Waals surface area (Å²) in [4.78, 5) is 37.6. The Hall–Kier alpha value is -2.55. The van der Waals surface area contributed by atoms with Gasteiger partial charge < -0.3 is 10.2 Å². The van der Waals surface area contributed by atoms with Crippen LogP contribution in [-0.2, 0) is 16.1 Å². The van der Waals surface area contributed by atoms with Crippen molar-refractivity contribution in [3.63, 3.8) is 0 Å². The summed E-state index contributed by atoms with van der Waals surface area (Å²) in [6.45, 7) is 6.33. The molecule has 2 amide bonds. The van der Waals surface area contributed by atoms with Crippen molar-refractivity contribution in [3.8, 4) is 0 Å². The molecule has 2 aromatic rings. The van der Waals surface area contributed by atoms with Gasteiger partial charge in [-0.05, 0) is 37.5 Å². The molecule has 8 nitrogen and oxygen atoms in total. The predicted molar refractivity (Wildman–Crippen MR) is 106 cm³/mol. The van der Waals surface area contributed by atoms with E-state index in [2.05, 4.69) is 15.5 Å². The highest BCUT2D eigenvalue weighted by Gasteiger charge is 2.16. The van der Waals surface area contributed by atoms with Gasteiger partial charge in [-0.2, -0.15) is 0 Å². The summed E-state index contributed by atoms with van der Waals surface area (Å²) in [5.74, 6) is -0.372. The molecule has 2 rings (SSSR count). The summed E-state index contributed by atoms with van der Waals surface area (Å²) >= 11 is 1.18. The molecule has 0 aliphatic rings. The van der Waals surface area contributed by atoms with Crippen molar-refractivity contribution in [2.75, 3.05) is 24.7 Å². The minimum Gasteiger partial charge on any atom is -0.336 e. The summed E-state index contributed by atoms with van der Waals surface area (Å²) in [7, 11) is 1.58. The maximum absolute atomic E-state index is 12.3. The molecule has 2 N–H and O–H groups in total. The van der Waals surface area contributed by atoms with Gasteiger partial charge in [0, 0.05) is 19.3 Å². The van der Waals surface area contributed by atoms with Gasteiger partial charge in [0.1, 0.15) is 0 Å². The molecule has 0 bridgehead atoms. The van der Waals surface area contributed by atoms with Crippen LogP contribution in [0.4, 0.5) is 5.69 Å². The number of benzene rings is 1. The maximum atomic E-state index is 12.3. The Morgan fingerprint density at radius 2 is 2.07 bits per heavy atom. The zero-order chi connectivity index (χ0) is 20.0. The minimum absolute atomic E-state index is 0.0465. The Morgan fingerprint density at radius 3 is 2.78 bits per heavy atom. The number of likely N-dealkylation sites (N-methyl/N-ethyl adjacent to an activating group) is 1. The first-order valence-electron chi connectivity index (χ1n) is 8.71. The number of carbonyl (C=O) groups is 2. The molecule has 0 atom stereocenters. The molecule has 9 heteroatoms. The molecule has 0 saturated carbocycles. The Morgan fingerprint density at radius 1 is 1.33 bits per heavy atom. The topological polar surface area (TPSA) is 100 Å². The zero-order valence-corrected chi connectivity index (χ0v) is 16.9. The number of amides is 2. The molecule has 0 unspecified atom stereocenters. The van der Waals surface area contributed by atoms with Crippen molar-refractivity contribution in [1.29, 1.82) is 0 Å². The van der Waals surface area contributed by atoms with Crippen molar-refractivity contribution in [2.24, 2.45) is 0 Å². The average Bonchev–Trinajstić information content (AvgIpc) is 2.96. The van der Waals surface area contributed by atoms with E-state index in [-0.39, 0.29) is 29.8 Å². The molecule has 0 spiro atoms. The highest BCUT2D eigenvalue weighted by atomic mass is 32.2. The highest BCUT2D eigenvalue weighted by Crippen LogP contribution is 2.17. The lowest BCUT2D eigenvalue weighted by Gasteiger charge is -2.17. The predicted octanol–water partition coefficient (Wildman–Crippen LogP) is 1.79. The summed E-state index contributed by atoms with van der Waals surface area (Å²) in [5.41, 5.74) is 2.48. The number of hydrogen-bond acceptors (Lipinski definition) is 5. The third-order valence-electron chi connectivity index (χ3n) is 3.97. The molecule has 1 aromatic carbocycles. The van der Waals surface area contributed by atoms with Crippen LogP contribution < -0.4 is 11.0 Å². The van der Waals surface area contributed by atoms with Crippen LogP contribution in [0.1, 0.15) is 24.5 Å². The fourth-order valence-electron chi connectivity index (χ4n) is 2.43. The molecule has 0 fully saturated rings. The molecule has 27 heavy (non-hydrogen) atoms. The van der Waals surface area contributed by atoms with Crippen molar-refractivity contribution >= 4 is 29.3 Å². The van der Waals surface area contributed by atoms with Gasteiger partial charge in [-0.1, -0.05) is 30.8 Å². The van der Waals surface area contributed by atoms with Crippen molar-refractivity contribution in [2.45, 2.75) is 38.9 Å². The van der Waals surface area contributed by atoms with Gasteiger partial charge in [0.15, 0.2) is 5.16 Å². The van der Waals surface area contributed by atoms with Crippen molar-refractivity contribution in [1.82, 2.24) is 19.7 Å². The molecule has 1 aromatic heterocycles. The van der Waals surface area contributed by atoms with Crippen LogP contribution in [0, 0.1) is 13.8 Å². The molecule has 0 aliphatic carbocycles. The minimum atomic E-state index is -0.284. The standard InChI is InChI=1S/C18H25N5O3S/c1-5-8-23-17(26)20-21-18(23)27-11-16(25)22(4)10-15(24)19-14-9-12(2)6-7-13(14)3/h6-7,9H,5,8,10-11H2,1-4H3,(H,19,24)(H,20,26). The number of hydrogen-bond donors (Lipinski definition) is 2. The van der Waals surface area contributed by atoms with Crippen molar-refractivity contribution < 1.29 is 9.59 Å². The van der Waals surface area contributed by atoms with Crippen LogP contribution in [0.3, 0.4) is 0 Å². The van der Waals surface area contributed by atoms with E-state index in [0.717, 1.165) is 23.2 Å². The van der Waals surface area contributed by atoms with Gasteiger partial charge in [0.25, 0.3) is 0 Å². The Balaban J connectivity index is 1.89. The maximum Gasteiger partial charge on any atom is 0.343 e. The third-order valence-corrected chi connectivity index (χ3v) is 4.93. The number of thioether (sulfide) groups is 1. The Labute approximate surface area is 162 Å². The van der Waals surface area contributed by atoms with Crippen LogP contribution in [0.5, 0.6) is 0 Å². The SMILES string of the molecule is CCCn1c(SCC(=O)N(C)CC(=O)Nc2cc(C)ccc2C)n[nH]c1=O. The summed E-state index contributed by atoms with van der Waals surface area (Å²) < 4.78 is 1.51. The van der Waals surface area contributed by atoms with E-state index in [1.165, 1.54) is 21.2 Å². The van der Waals surface area contributed by atoms with Gasteiger partial charge >= 0.3 is 5.69 Å². The van der Waals surface area contributed by atoms with E-state index in [1.54, 1.807) is 7.05 Å². The number of anilines is 1. The smallest absolute Gasteiger partial charge is 0.336 e. The summed E-state index contributed by atoms with van der Waals surface area (Å²) in [6, 6.07) is 5.82. The van der Waals surface area contributed by atoms with E-state index in [0.29, 0.717) is 11.7 Å². The van der Waals surface area contributed by atoms with E-state index >= 15 is 0 Å². The van der Waals surface area contributed by atoms with Crippen molar-refractivity contribution in [3.05, 3.63) is 39.8 Å². The van der Waals surface area contributed by atoms with E-state index in [4.69, 9.17) is 0 Å². The first kappa shape index (κ1) is 20.8. The third kappa shape index (κ3) is 5.72. The molecule has 0 radical (unpaired) electrons. The van der Waals surface area contributed by atoms with E-state index in [9.17, 15) is 14.4 Å². The normalized spacial score (nSPS) is 10.7.